The van der Waals surface area contributed by atoms with Gasteiger partial charge in [-0.15, -0.1) is 0 Å². The maximum absolute atomic E-state index is 12.3. The van der Waals surface area contributed by atoms with Crippen LogP contribution in [0, 0.1) is 30.1 Å². The van der Waals surface area contributed by atoms with E-state index in [2.05, 4.69) is 21.4 Å². The van der Waals surface area contributed by atoms with Gasteiger partial charge in [0.2, 0.25) is 0 Å². The SMILES string of the molecule is Cc1cc(C(=O)N(C)C)cnc1-c1cc2nccc(-c3ccc(NC4C5COCC54)c(C#N)c3)c2o1. The minimum Gasteiger partial charge on any atom is -0.452 e. The number of furan rings is 1. The number of carbonyl (C=O) groups excluding carboxylic acids is 1. The van der Waals surface area contributed by atoms with Crippen molar-refractivity contribution in [1.82, 2.24) is 14.9 Å². The van der Waals surface area contributed by atoms with E-state index >= 15 is 0 Å². The molecule has 3 aromatic heterocycles. The number of rotatable bonds is 5. The summed E-state index contributed by atoms with van der Waals surface area (Å²) in [5.74, 6) is 1.57. The van der Waals surface area contributed by atoms with Crippen LogP contribution in [-0.2, 0) is 4.74 Å². The number of ether oxygens (including phenoxy) is 1. The predicted octanol–water partition coefficient (Wildman–Crippen LogP) is 4.50. The zero-order valence-corrected chi connectivity index (χ0v) is 20.3. The van der Waals surface area contributed by atoms with Gasteiger partial charge in [-0.25, -0.2) is 0 Å². The molecular weight excluding hydrogens is 454 g/mol. The second-order valence-corrected chi connectivity index (χ2v) is 9.68. The first kappa shape index (κ1) is 22.3. The van der Waals surface area contributed by atoms with E-state index in [1.54, 1.807) is 26.5 Å². The fourth-order valence-electron chi connectivity index (χ4n) is 5.05. The van der Waals surface area contributed by atoms with E-state index in [1.807, 2.05) is 43.3 Å². The first-order valence-corrected chi connectivity index (χ1v) is 11.9. The van der Waals surface area contributed by atoms with Crippen molar-refractivity contribution >= 4 is 22.7 Å². The molecule has 1 N–H and O–H groups in total. The molecule has 6 rings (SSSR count). The Labute approximate surface area is 208 Å². The second-order valence-electron chi connectivity index (χ2n) is 9.68. The smallest absolute Gasteiger partial charge is 0.254 e. The first-order valence-electron chi connectivity index (χ1n) is 11.9. The third-order valence-corrected chi connectivity index (χ3v) is 7.10. The molecular formula is C28H25N5O3. The number of hydrogen-bond acceptors (Lipinski definition) is 7. The van der Waals surface area contributed by atoms with E-state index in [-0.39, 0.29) is 5.91 Å². The standard InChI is InChI=1S/C28H25N5O3/c1-15-8-18(28(34)33(2)3)12-31-25(15)24-10-23-27(36-24)19(6-7-30-23)16-4-5-22(17(9-16)11-29)32-26-20-13-35-14-21(20)26/h4-10,12,20-21,26,32H,13-14H2,1-3H3. The van der Waals surface area contributed by atoms with Gasteiger partial charge in [0.1, 0.15) is 17.3 Å². The number of hydrogen-bond donors (Lipinski definition) is 1. The van der Waals surface area contributed by atoms with E-state index in [0.717, 1.165) is 35.6 Å². The van der Waals surface area contributed by atoms with Crippen molar-refractivity contribution in [2.75, 3.05) is 32.6 Å². The van der Waals surface area contributed by atoms with Crippen LogP contribution in [0.3, 0.4) is 0 Å². The van der Waals surface area contributed by atoms with Crippen molar-refractivity contribution in [2.24, 2.45) is 11.8 Å². The molecule has 2 unspecified atom stereocenters. The van der Waals surface area contributed by atoms with Crippen molar-refractivity contribution < 1.29 is 13.9 Å². The molecule has 1 saturated carbocycles. The second kappa shape index (κ2) is 8.47. The summed E-state index contributed by atoms with van der Waals surface area (Å²) in [4.78, 5) is 22.8. The summed E-state index contributed by atoms with van der Waals surface area (Å²) in [6.07, 6.45) is 3.30. The number of benzene rings is 1. The van der Waals surface area contributed by atoms with Crippen LogP contribution in [0.2, 0.25) is 0 Å². The van der Waals surface area contributed by atoms with E-state index < -0.39 is 0 Å². The van der Waals surface area contributed by atoms with Gasteiger partial charge in [0.05, 0.1) is 30.0 Å². The van der Waals surface area contributed by atoms with Gasteiger partial charge in [0, 0.05) is 56.0 Å². The molecule has 2 atom stereocenters. The van der Waals surface area contributed by atoms with Crippen LogP contribution in [0.5, 0.6) is 0 Å². The molecule has 36 heavy (non-hydrogen) atoms. The molecule has 0 radical (unpaired) electrons. The van der Waals surface area contributed by atoms with Crippen LogP contribution in [0.15, 0.2) is 53.2 Å². The Morgan fingerprint density at radius 1 is 1.14 bits per heavy atom. The highest BCUT2D eigenvalue weighted by atomic mass is 16.5. The predicted molar refractivity (Wildman–Crippen MR) is 135 cm³/mol. The quantitative estimate of drug-likeness (QED) is 0.450. The van der Waals surface area contributed by atoms with Gasteiger partial charge in [0.15, 0.2) is 11.3 Å². The highest BCUT2D eigenvalue weighted by Crippen LogP contribution is 2.46. The molecule has 4 heterocycles. The van der Waals surface area contributed by atoms with Crippen LogP contribution in [-0.4, -0.2) is 54.1 Å². The summed E-state index contributed by atoms with van der Waals surface area (Å²) in [5, 5.41) is 13.4. The highest BCUT2D eigenvalue weighted by molar-refractivity contribution is 5.95. The molecule has 180 valence electrons. The average molecular weight is 480 g/mol. The number of aryl methyl sites for hydroxylation is 1. The van der Waals surface area contributed by atoms with Crippen molar-refractivity contribution in [3.8, 4) is 28.7 Å². The van der Waals surface area contributed by atoms with Gasteiger partial charge in [-0.2, -0.15) is 5.26 Å². The van der Waals surface area contributed by atoms with Crippen molar-refractivity contribution in [3.05, 3.63) is 65.5 Å². The average Bonchev–Trinajstić information content (AvgIpc) is 3.23. The number of nitriles is 1. The Morgan fingerprint density at radius 3 is 2.67 bits per heavy atom. The zero-order chi connectivity index (χ0) is 25.0. The minimum atomic E-state index is -0.102. The number of fused-ring (bicyclic) bond motifs is 2. The fourth-order valence-corrected chi connectivity index (χ4v) is 5.05. The molecule has 2 fully saturated rings. The molecule has 1 aliphatic carbocycles. The van der Waals surface area contributed by atoms with Gasteiger partial charge >= 0.3 is 0 Å². The summed E-state index contributed by atoms with van der Waals surface area (Å²) < 4.78 is 11.7. The monoisotopic (exact) mass is 479 g/mol. The lowest BCUT2D eigenvalue weighted by Gasteiger charge is -2.12. The van der Waals surface area contributed by atoms with Crippen LogP contribution >= 0.6 is 0 Å². The Bertz CT molecular complexity index is 1540. The molecule has 0 spiro atoms. The highest BCUT2D eigenvalue weighted by Gasteiger charge is 2.54. The summed E-state index contributed by atoms with van der Waals surface area (Å²) in [7, 11) is 3.43. The Hall–Kier alpha value is -4.22. The van der Waals surface area contributed by atoms with Crippen LogP contribution in [0.25, 0.3) is 33.7 Å². The molecule has 8 heteroatoms. The summed E-state index contributed by atoms with van der Waals surface area (Å²) in [6, 6.07) is 14.1. The summed E-state index contributed by atoms with van der Waals surface area (Å²) in [6.45, 7) is 3.49. The Kier molecular flexibility index (Phi) is 5.23. The van der Waals surface area contributed by atoms with E-state index in [4.69, 9.17) is 9.15 Å². The van der Waals surface area contributed by atoms with Gasteiger partial charge in [-0.05, 0) is 42.3 Å². The molecule has 0 bridgehead atoms. The lowest BCUT2D eigenvalue weighted by Crippen LogP contribution is -2.21. The van der Waals surface area contributed by atoms with Crippen molar-refractivity contribution in [2.45, 2.75) is 13.0 Å². The normalized spacial score (nSPS) is 20.1. The number of anilines is 1. The number of aromatic nitrogens is 2. The van der Waals surface area contributed by atoms with Crippen molar-refractivity contribution in [1.29, 1.82) is 5.26 Å². The lowest BCUT2D eigenvalue weighted by atomic mass is 10.0. The Balaban J connectivity index is 1.34. The molecule has 4 aromatic rings. The molecule has 1 amide bonds. The molecule has 2 aliphatic rings. The van der Waals surface area contributed by atoms with Crippen LogP contribution in [0.4, 0.5) is 5.69 Å². The van der Waals surface area contributed by atoms with E-state index in [1.165, 1.54) is 4.90 Å². The lowest BCUT2D eigenvalue weighted by molar-refractivity contribution is 0.0827. The third kappa shape index (κ3) is 3.69. The summed E-state index contributed by atoms with van der Waals surface area (Å²) in [5.41, 5.74) is 6.50. The number of nitrogens with one attached hydrogen (secondary N) is 1. The van der Waals surface area contributed by atoms with Gasteiger partial charge < -0.3 is 19.4 Å². The summed E-state index contributed by atoms with van der Waals surface area (Å²) >= 11 is 0. The number of pyridine rings is 2. The number of nitrogens with zero attached hydrogens (tertiary/aromatic N) is 4. The van der Waals surface area contributed by atoms with E-state index in [9.17, 15) is 10.1 Å². The maximum atomic E-state index is 12.3. The van der Waals surface area contributed by atoms with Gasteiger partial charge in [0.25, 0.3) is 5.91 Å². The topological polar surface area (TPSA) is 104 Å². The number of carbonyl (C=O) groups is 1. The van der Waals surface area contributed by atoms with E-state index in [0.29, 0.717) is 51.6 Å². The zero-order valence-electron chi connectivity index (χ0n) is 20.3. The molecule has 1 saturated heterocycles. The Morgan fingerprint density at radius 2 is 1.94 bits per heavy atom. The minimum absolute atomic E-state index is 0.102. The largest absolute Gasteiger partial charge is 0.452 e. The first-order chi connectivity index (χ1) is 17.4. The van der Waals surface area contributed by atoms with Crippen molar-refractivity contribution in [3.63, 3.8) is 0 Å². The van der Waals surface area contributed by atoms with Crippen LogP contribution < -0.4 is 5.32 Å². The maximum Gasteiger partial charge on any atom is 0.254 e. The fraction of sp³-hybridized carbons (Fsp3) is 0.286. The van der Waals surface area contributed by atoms with Gasteiger partial charge in [-0.3, -0.25) is 14.8 Å². The molecule has 1 aromatic carbocycles. The molecule has 1 aliphatic heterocycles. The van der Waals surface area contributed by atoms with Gasteiger partial charge in [-0.1, -0.05) is 6.07 Å². The third-order valence-electron chi connectivity index (χ3n) is 7.10. The number of amides is 1. The van der Waals surface area contributed by atoms with Crippen LogP contribution in [0.1, 0.15) is 21.5 Å². The molecule has 8 nitrogen and oxygen atoms in total.